The van der Waals surface area contributed by atoms with E-state index in [4.69, 9.17) is 4.74 Å². The third kappa shape index (κ3) is 4.30. The molecule has 2 N–H and O–H groups in total. The van der Waals surface area contributed by atoms with E-state index in [1.165, 1.54) is 75.3 Å². The second-order valence-corrected chi connectivity index (χ2v) is 10.7. The number of aliphatic hydroxyl groups is 1. The van der Waals surface area contributed by atoms with Crippen LogP contribution in [0.2, 0.25) is 0 Å². The molecule has 0 amide bonds. The molecule has 0 radical (unpaired) electrons. The number of ether oxygens (including phenoxy) is 1. The highest BCUT2D eigenvalue weighted by atomic mass is 16.5. The molecule has 0 bridgehead atoms. The fourth-order valence-corrected chi connectivity index (χ4v) is 7.30. The summed E-state index contributed by atoms with van der Waals surface area (Å²) in [5.41, 5.74) is 3.07. The number of hydrogen-bond acceptors (Lipinski definition) is 3. The predicted octanol–water partition coefficient (Wildman–Crippen LogP) is 6.53. The summed E-state index contributed by atoms with van der Waals surface area (Å²) in [6.45, 7) is 3.25. The number of phenols is 1. The molecule has 1 aromatic rings. The molecule has 2 saturated carbocycles. The van der Waals surface area contributed by atoms with E-state index in [9.17, 15) is 10.2 Å². The Labute approximate surface area is 183 Å². The standard InChI is InChI=1S/C27H42O3/c1-27-15-14-22-21-11-10-20(28)18-23(21)19(9-7-5-3-4-6-8-16-30-2)17-24(22)25(27)12-13-26(27)29/h10-11,18-19,22,24-26,28-29H,3-9,12-17H2,1-2H3/t19-,22-,24-,25+,26+,27+/m1/s1. The van der Waals surface area contributed by atoms with Crippen molar-refractivity contribution in [3.05, 3.63) is 29.3 Å². The van der Waals surface area contributed by atoms with Gasteiger partial charge in [0, 0.05) is 13.7 Å². The van der Waals surface area contributed by atoms with Crippen molar-refractivity contribution >= 4 is 0 Å². The number of fused-ring (bicyclic) bond motifs is 5. The van der Waals surface area contributed by atoms with E-state index in [2.05, 4.69) is 19.1 Å². The Bertz CT molecular complexity index is 701. The van der Waals surface area contributed by atoms with Gasteiger partial charge in [-0.2, -0.15) is 0 Å². The van der Waals surface area contributed by atoms with Gasteiger partial charge in [0.2, 0.25) is 0 Å². The van der Waals surface area contributed by atoms with Crippen LogP contribution in [-0.4, -0.2) is 30.0 Å². The Hall–Kier alpha value is -1.06. The SMILES string of the molecule is COCCCCCCCC[C@@H]1C[C@@H]2[C@H](CC[C@]3(C)[C@@H](O)CC[C@@H]23)c2ccc(O)cc21. The van der Waals surface area contributed by atoms with Gasteiger partial charge in [-0.25, -0.2) is 0 Å². The average molecular weight is 415 g/mol. The molecule has 6 atom stereocenters. The number of methoxy groups -OCH3 is 1. The molecule has 0 saturated heterocycles. The lowest BCUT2D eigenvalue weighted by atomic mass is 9.53. The highest BCUT2D eigenvalue weighted by Gasteiger charge is 2.55. The molecule has 0 heterocycles. The van der Waals surface area contributed by atoms with Crippen LogP contribution >= 0.6 is 0 Å². The first-order valence-corrected chi connectivity index (χ1v) is 12.5. The summed E-state index contributed by atoms with van der Waals surface area (Å²) in [5.74, 6) is 2.99. The van der Waals surface area contributed by atoms with E-state index in [1.807, 2.05) is 6.07 Å². The van der Waals surface area contributed by atoms with Crippen molar-refractivity contribution in [2.24, 2.45) is 17.3 Å². The van der Waals surface area contributed by atoms with E-state index in [-0.39, 0.29) is 11.5 Å². The summed E-state index contributed by atoms with van der Waals surface area (Å²) in [4.78, 5) is 0. The van der Waals surface area contributed by atoms with Crippen molar-refractivity contribution in [2.75, 3.05) is 13.7 Å². The van der Waals surface area contributed by atoms with Crippen LogP contribution in [0.5, 0.6) is 5.75 Å². The fraction of sp³-hybridized carbons (Fsp3) is 0.778. The van der Waals surface area contributed by atoms with Crippen LogP contribution in [0.4, 0.5) is 0 Å². The molecule has 168 valence electrons. The number of unbranched alkanes of at least 4 members (excludes halogenated alkanes) is 5. The van der Waals surface area contributed by atoms with Gasteiger partial charge in [-0.15, -0.1) is 0 Å². The molecule has 0 spiro atoms. The maximum Gasteiger partial charge on any atom is 0.115 e. The predicted molar refractivity (Wildman–Crippen MR) is 122 cm³/mol. The lowest BCUT2D eigenvalue weighted by molar-refractivity contribution is -0.0252. The molecule has 4 rings (SSSR count). The Morgan fingerprint density at radius 2 is 1.77 bits per heavy atom. The number of phenolic OH excluding ortho intramolecular Hbond substituents is 1. The van der Waals surface area contributed by atoms with Gasteiger partial charge in [-0.3, -0.25) is 0 Å². The largest absolute Gasteiger partial charge is 0.508 e. The summed E-state index contributed by atoms with van der Waals surface area (Å²) >= 11 is 0. The van der Waals surface area contributed by atoms with E-state index >= 15 is 0 Å². The van der Waals surface area contributed by atoms with Gasteiger partial charge in [0.1, 0.15) is 5.75 Å². The van der Waals surface area contributed by atoms with Crippen LogP contribution < -0.4 is 0 Å². The van der Waals surface area contributed by atoms with Gasteiger partial charge in [0.25, 0.3) is 0 Å². The minimum absolute atomic E-state index is 0.110. The van der Waals surface area contributed by atoms with Gasteiger partial charge < -0.3 is 14.9 Å². The van der Waals surface area contributed by atoms with Crippen LogP contribution in [0.3, 0.4) is 0 Å². The second-order valence-electron chi connectivity index (χ2n) is 10.7. The molecule has 30 heavy (non-hydrogen) atoms. The number of rotatable bonds is 9. The van der Waals surface area contributed by atoms with Crippen molar-refractivity contribution in [1.29, 1.82) is 0 Å². The number of aromatic hydroxyl groups is 1. The van der Waals surface area contributed by atoms with Crippen molar-refractivity contribution < 1.29 is 14.9 Å². The molecule has 0 unspecified atom stereocenters. The molecule has 3 aliphatic carbocycles. The van der Waals surface area contributed by atoms with Gasteiger partial charge in [-0.05, 0) is 97.3 Å². The van der Waals surface area contributed by atoms with E-state index in [1.54, 1.807) is 7.11 Å². The smallest absolute Gasteiger partial charge is 0.115 e. The zero-order valence-electron chi connectivity index (χ0n) is 19.1. The lowest BCUT2D eigenvalue weighted by Crippen LogP contribution is -2.44. The average Bonchev–Trinajstić information content (AvgIpc) is 3.04. The van der Waals surface area contributed by atoms with Crippen LogP contribution in [0.25, 0.3) is 0 Å². The first-order valence-electron chi connectivity index (χ1n) is 12.5. The minimum Gasteiger partial charge on any atom is -0.508 e. The van der Waals surface area contributed by atoms with Gasteiger partial charge in [-0.1, -0.05) is 45.1 Å². The summed E-state index contributed by atoms with van der Waals surface area (Å²) in [7, 11) is 1.78. The van der Waals surface area contributed by atoms with Crippen molar-refractivity contribution in [3.63, 3.8) is 0 Å². The minimum atomic E-state index is -0.110. The molecular weight excluding hydrogens is 372 g/mol. The summed E-state index contributed by atoms with van der Waals surface area (Å²) in [6.07, 6.45) is 14.6. The van der Waals surface area contributed by atoms with Crippen LogP contribution in [0.15, 0.2) is 18.2 Å². The van der Waals surface area contributed by atoms with E-state index < -0.39 is 0 Å². The lowest BCUT2D eigenvalue weighted by Gasteiger charge is -2.51. The van der Waals surface area contributed by atoms with Crippen LogP contribution in [-0.2, 0) is 4.74 Å². The Kier molecular flexibility index (Phi) is 7.09. The number of hydrogen-bond donors (Lipinski definition) is 2. The molecular formula is C27H42O3. The highest BCUT2D eigenvalue weighted by molar-refractivity contribution is 5.42. The molecule has 1 aromatic carbocycles. The maximum absolute atomic E-state index is 10.7. The third-order valence-corrected chi connectivity index (χ3v) is 9.00. The maximum atomic E-state index is 10.7. The quantitative estimate of drug-likeness (QED) is 0.452. The number of benzene rings is 1. The van der Waals surface area contributed by atoms with Gasteiger partial charge in [0.15, 0.2) is 0 Å². The first kappa shape index (κ1) is 22.1. The molecule has 0 aromatic heterocycles. The molecule has 3 nitrogen and oxygen atoms in total. The zero-order chi connectivity index (χ0) is 21.1. The molecule has 0 aliphatic heterocycles. The van der Waals surface area contributed by atoms with Gasteiger partial charge >= 0.3 is 0 Å². The topological polar surface area (TPSA) is 49.7 Å². The summed E-state index contributed by atoms with van der Waals surface area (Å²) in [6, 6.07) is 6.19. The second kappa shape index (κ2) is 9.61. The fourth-order valence-electron chi connectivity index (χ4n) is 7.30. The molecule has 3 heteroatoms. The summed E-state index contributed by atoms with van der Waals surface area (Å²) < 4.78 is 5.14. The van der Waals surface area contributed by atoms with Crippen molar-refractivity contribution in [2.45, 2.75) is 102 Å². The summed E-state index contributed by atoms with van der Waals surface area (Å²) in [5, 5.41) is 20.9. The Balaban J connectivity index is 1.42. The third-order valence-electron chi connectivity index (χ3n) is 9.00. The van der Waals surface area contributed by atoms with Crippen LogP contribution in [0.1, 0.15) is 107 Å². The van der Waals surface area contributed by atoms with E-state index in [0.29, 0.717) is 29.4 Å². The van der Waals surface area contributed by atoms with E-state index in [0.717, 1.165) is 19.4 Å². The Morgan fingerprint density at radius 1 is 1.00 bits per heavy atom. The highest BCUT2D eigenvalue weighted by Crippen LogP contribution is 2.62. The monoisotopic (exact) mass is 414 g/mol. The Morgan fingerprint density at radius 3 is 2.57 bits per heavy atom. The number of aliphatic hydroxyl groups excluding tert-OH is 1. The molecule has 2 fully saturated rings. The zero-order valence-corrected chi connectivity index (χ0v) is 19.1. The van der Waals surface area contributed by atoms with Gasteiger partial charge in [0.05, 0.1) is 6.10 Å². The van der Waals surface area contributed by atoms with Crippen LogP contribution in [0, 0.1) is 17.3 Å². The normalized spacial score (nSPS) is 35.0. The van der Waals surface area contributed by atoms with Crippen molar-refractivity contribution in [1.82, 2.24) is 0 Å². The van der Waals surface area contributed by atoms with Crippen molar-refractivity contribution in [3.8, 4) is 5.75 Å². The molecule has 3 aliphatic rings. The first-order chi connectivity index (χ1) is 14.5.